The second-order valence-corrected chi connectivity index (χ2v) is 20.1. The van der Waals surface area contributed by atoms with E-state index < -0.39 is 15.8 Å². The molecule has 0 bridgehead atoms. The minimum Gasteiger partial charge on any atom is -0.657 e. The molecule has 0 N–H and O–H groups in total. The van der Waals surface area contributed by atoms with Crippen molar-refractivity contribution in [2.24, 2.45) is 0 Å². The van der Waals surface area contributed by atoms with Crippen LogP contribution >= 0.6 is 15.8 Å². The molecule has 0 amide bonds. The fourth-order valence-electron chi connectivity index (χ4n) is 5.08. The molecule has 2 aromatic rings. The Balaban J connectivity index is 0.00000512. The predicted octanol–water partition coefficient (Wildman–Crippen LogP) is 6.44. The van der Waals surface area contributed by atoms with Crippen LogP contribution in [-0.2, 0) is 0 Å². The Hall–Kier alpha value is -0.303. The maximum atomic E-state index is 5.37. The van der Waals surface area contributed by atoms with Crippen molar-refractivity contribution >= 4 is 37.8 Å². The second kappa shape index (κ2) is 10.5. The quantitative estimate of drug-likeness (QED) is 0.366. The van der Waals surface area contributed by atoms with Gasteiger partial charge in [-0.05, 0) is 31.2 Å². The van der Waals surface area contributed by atoms with E-state index in [0.717, 1.165) is 11.4 Å². The summed E-state index contributed by atoms with van der Waals surface area (Å²) < 4.78 is 0. The third-order valence-corrected chi connectivity index (χ3v) is 12.3. The molecule has 0 saturated heterocycles. The SMILES string of the molecule is CC(C)(C)P(c1ccccc1[N-]c1ccccc1P(C(C)(C)C)C(C)(C)C)C(C)(C)C.[Li+]. The van der Waals surface area contributed by atoms with Crippen LogP contribution in [0.15, 0.2) is 48.5 Å². The van der Waals surface area contributed by atoms with E-state index in [2.05, 4.69) is 132 Å². The van der Waals surface area contributed by atoms with Crippen molar-refractivity contribution in [1.29, 1.82) is 0 Å². The van der Waals surface area contributed by atoms with Crippen LogP contribution in [0.5, 0.6) is 0 Å². The van der Waals surface area contributed by atoms with Gasteiger partial charge in [-0.25, -0.2) is 0 Å². The normalized spacial score (nSPS) is 13.3. The van der Waals surface area contributed by atoms with Gasteiger partial charge in [-0.2, -0.15) is 0 Å². The Morgan fingerprint density at radius 1 is 0.469 bits per heavy atom. The van der Waals surface area contributed by atoms with Gasteiger partial charge < -0.3 is 5.32 Å². The van der Waals surface area contributed by atoms with E-state index in [1.54, 1.807) is 0 Å². The number of hydrogen-bond donors (Lipinski definition) is 0. The number of para-hydroxylation sites is 2. The van der Waals surface area contributed by atoms with Gasteiger partial charge in [0.15, 0.2) is 0 Å². The van der Waals surface area contributed by atoms with Crippen LogP contribution in [0.4, 0.5) is 11.4 Å². The first-order valence-corrected chi connectivity index (χ1v) is 14.1. The molecule has 4 heteroatoms. The average molecular weight is 464 g/mol. The molecule has 0 unspecified atom stereocenters. The molecular weight excluding hydrogens is 419 g/mol. The van der Waals surface area contributed by atoms with E-state index in [4.69, 9.17) is 5.32 Å². The topological polar surface area (TPSA) is 14.1 Å². The van der Waals surface area contributed by atoms with Gasteiger partial charge in [0.25, 0.3) is 0 Å². The standard InChI is InChI=1S/C28H44NP2.Li/c1-25(2,3)30(26(4,5)6)23-19-15-13-17-21(23)29-22-18-14-16-20-24(22)31(27(7,8)9)28(10,11)12;/h13-20H,1-12H3;/q-1;+1. The number of nitrogens with zero attached hydrogens (tertiary/aromatic N) is 1. The molecule has 0 heterocycles. The molecule has 0 spiro atoms. The van der Waals surface area contributed by atoms with Gasteiger partial charge in [-0.15, -0.1) is 11.4 Å². The predicted molar refractivity (Wildman–Crippen MR) is 148 cm³/mol. The van der Waals surface area contributed by atoms with Gasteiger partial charge in [-0.1, -0.05) is 147 Å². The van der Waals surface area contributed by atoms with Gasteiger partial charge >= 0.3 is 18.9 Å². The summed E-state index contributed by atoms with van der Waals surface area (Å²) in [6, 6.07) is 17.7. The number of hydrogen-bond acceptors (Lipinski definition) is 0. The van der Waals surface area contributed by atoms with Crippen LogP contribution in [0, 0.1) is 0 Å². The molecule has 0 aromatic heterocycles. The molecule has 0 aliphatic heterocycles. The zero-order chi connectivity index (χ0) is 23.8. The maximum Gasteiger partial charge on any atom is 1.00 e. The molecule has 32 heavy (non-hydrogen) atoms. The van der Waals surface area contributed by atoms with Crippen LogP contribution in [0.25, 0.3) is 5.32 Å². The van der Waals surface area contributed by atoms with Crippen LogP contribution in [-0.4, -0.2) is 20.6 Å². The van der Waals surface area contributed by atoms with Crippen LogP contribution in [0.1, 0.15) is 83.1 Å². The summed E-state index contributed by atoms with van der Waals surface area (Å²) in [5.41, 5.74) is 2.28. The molecule has 0 aliphatic carbocycles. The van der Waals surface area contributed by atoms with Crippen LogP contribution in [0.2, 0.25) is 0 Å². The Bertz CT molecular complexity index is 778. The van der Waals surface area contributed by atoms with Crippen molar-refractivity contribution in [3.8, 4) is 0 Å². The van der Waals surface area contributed by atoms with Crippen LogP contribution in [0.3, 0.4) is 0 Å². The van der Waals surface area contributed by atoms with Gasteiger partial charge in [-0.3, -0.25) is 0 Å². The largest absolute Gasteiger partial charge is 1.00 e. The van der Waals surface area contributed by atoms with Crippen molar-refractivity contribution < 1.29 is 18.9 Å². The van der Waals surface area contributed by atoms with E-state index >= 15 is 0 Å². The Kier molecular flexibility index (Phi) is 9.79. The Labute approximate surface area is 213 Å². The number of rotatable bonds is 4. The maximum absolute atomic E-state index is 5.37. The molecule has 0 radical (unpaired) electrons. The minimum absolute atomic E-state index is 0. The molecule has 0 atom stereocenters. The van der Waals surface area contributed by atoms with E-state index in [-0.39, 0.29) is 39.5 Å². The van der Waals surface area contributed by atoms with Gasteiger partial charge in [0, 0.05) is 0 Å². The summed E-state index contributed by atoms with van der Waals surface area (Å²) in [6.45, 7) is 28.6. The smallest absolute Gasteiger partial charge is 0.657 e. The monoisotopic (exact) mass is 463 g/mol. The van der Waals surface area contributed by atoms with Crippen molar-refractivity contribution in [1.82, 2.24) is 0 Å². The molecule has 0 aliphatic rings. The Morgan fingerprint density at radius 3 is 0.969 bits per heavy atom. The summed E-state index contributed by atoms with van der Waals surface area (Å²) in [5, 5.41) is 9.05. The molecule has 2 aromatic carbocycles. The van der Waals surface area contributed by atoms with Gasteiger partial charge in [0.2, 0.25) is 0 Å². The first-order valence-electron chi connectivity index (χ1n) is 11.4. The summed E-state index contributed by atoms with van der Waals surface area (Å²) in [4.78, 5) is 0. The van der Waals surface area contributed by atoms with Crippen molar-refractivity contribution in [2.75, 3.05) is 0 Å². The van der Waals surface area contributed by atoms with Crippen molar-refractivity contribution in [2.45, 2.75) is 104 Å². The van der Waals surface area contributed by atoms with E-state index in [0.29, 0.717) is 0 Å². The zero-order valence-electron chi connectivity index (χ0n) is 23.0. The van der Waals surface area contributed by atoms with Crippen LogP contribution < -0.4 is 29.5 Å². The summed E-state index contributed by atoms with van der Waals surface area (Å²) in [5.74, 6) is 0. The third kappa shape index (κ3) is 7.35. The summed E-state index contributed by atoms with van der Waals surface area (Å²) >= 11 is 0. The van der Waals surface area contributed by atoms with E-state index in [1.807, 2.05) is 0 Å². The fourth-order valence-corrected chi connectivity index (χ4v) is 13.2. The zero-order valence-corrected chi connectivity index (χ0v) is 24.7. The third-order valence-electron chi connectivity index (χ3n) is 5.17. The first kappa shape index (κ1) is 29.7. The van der Waals surface area contributed by atoms with Crippen molar-refractivity contribution in [3.05, 3.63) is 53.8 Å². The summed E-state index contributed by atoms with van der Waals surface area (Å²) in [7, 11) is -0.827. The molecular formula is C28H44LiNP2. The fraction of sp³-hybridized carbons (Fsp3) is 0.571. The van der Waals surface area contributed by atoms with E-state index in [9.17, 15) is 0 Å². The van der Waals surface area contributed by atoms with Gasteiger partial charge in [0.1, 0.15) is 0 Å². The van der Waals surface area contributed by atoms with Crippen molar-refractivity contribution in [3.63, 3.8) is 0 Å². The molecule has 2 rings (SSSR count). The second-order valence-electron chi connectivity index (χ2n) is 12.4. The molecule has 0 saturated carbocycles. The molecule has 0 fully saturated rings. The first-order chi connectivity index (χ1) is 13.9. The molecule has 172 valence electrons. The number of benzene rings is 2. The van der Waals surface area contributed by atoms with E-state index in [1.165, 1.54) is 10.6 Å². The minimum atomic E-state index is -0.413. The summed E-state index contributed by atoms with van der Waals surface area (Å²) in [6.07, 6.45) is 0. The molecule has 1 nitrogen and oxygen atoms in total. The average Bonchev–Trinajstić information content (AvgIpc) is 2.53. The van der Waals surface area contributed by atoms with Gasteiger partial charge in [0.05, 0.1) is 0 Å². The Morgan fingerprint density at radius 2 is 0.719 bits per heavy atom.